The van der Waals surface area contributed by atoms with Gasteiger partial charge in [-0.05, 0) is 36.2 Å². The summed E-state index contributed by atoms with van der Waals surface area (Å²) in [7, 11) is 0. The quantitative estimate of drug-likeness (QED) is 0.749. The Bertz CT molecular complexity index is 953. The summed E-state index contributed by atoms with van der Waals surface area (Å²) in [6, 6.07) is 13.5. The van der Waals surface area contributed by atoms with E-state index in [2.05, 4.69) is 10.4 Å². The van der Waals surface area contributed by atoms with Crippen molar-refractivity contribution in [2.45, 2.75) is 19.4 Å². The molecule has 0 unspecified atom stereocenters. The molecule has 5 nitrogen and oxygen atoms in total. The van der Waals surface area contributed by atoms with E-state index in [9.17, 15) is 14.0 Å². The molecule has 25 heavy (non-hydrogen) atoms. The zero-order valence-corrected chi connectivity index (χ0v) is 13.6. The average Bonchev–Trinajstić information content (AvgIpc) is 2.61. The molecule has 3 aromatic rings. The molecule has 0 radical (unpaired) electrons. The van der Waals surface area contributed by atoms with Gasteiger partial charge in [-0.1, -0.05) is 24.3 Å². The van der Waals surface area contributed by atoms with Gasteiger partial charge in [-0.15, -0.1) is 0 Å². The Labute approximate surface area is 144 Å². The highest BCUT2D eigenvalue weighted by molar-refractivity contribution is 5.79. The second kappa shape index (κ2) is 7.70. The van der Waals surface area contributed by atoms with Crippen LogP contribution in [-0.4, -0.2) is 22.2 Å². The van der Waals surface area contributed by atoms with E-state index in [1.165, 1.54) is 18.3 Å². The lowest BCUT2D eigenvalue weighted by molar-refractivity contribution is -0.121. The van der Waals surface area contributed by atoms with E-state index in [4.69, 9.17) is 0 Å². The molecular weight excluding hydrogens is 321 g/mol. The lowest BCUT2D eigenvalue weighted by Gasteiger charge is -2.09. The van der Waals surface area contributed by atoms with Gasteiger partial charge in [0.25, 0.3) is 0 Å². The summed E-state index contributed by atoms with van der Waals surface area (Å²) >= 11 is 0. The van der Waals surface area contributed by atoms with Crippen LogP contribution in [0.5, 0.6) is 0 Å². The molecule has 0 atom stereocenters. The van der Waals surface area contributed by atoms with Crippen molar-refractivity contribution >= 4 is 16.8 Å². The Kier molecular flexibility index (Phi) is 5.18. The lowest BCUT2D eigenvalue weighted by Crippen LogP contribution is -2.27. The van der Waals surface area contributed by atoms with Crippen LogP contribution in [0.2, 0.25) is 0 Å². The minimum absolute atomic E-state index is 0.110. The Balaban J connectivity index is 1.54. The van der Waals surface area contributed by atoms with Crippen LogP contribution < -0.4 is 10.7 Å². The number of halogens is 1. The van der Waals surface area contributed by atoms with E-state index >= 15 is 0 Å². The Morgan fingerprint density at radius 3 is 2.84 bits per heavy atom. The fourth-order valence-corrected chi connectivity index (χ4v) is 2.67. The topological polar surface area (TPSA) is 64.0 Å². The van der Waals surface area contributed by atoms with Crippen molar-refractivity contribution in [3.63, 3.8) is 0 Å². The van der Waals surface area contributed by atoms with Crippen LogP contribution in [0, 0.1) is 5.82 Å². The molecule has 0 aliphatic heterocycles. The van der Waals surface area contributed by atoms with Crippen LogP contribution in [0.1, 0.15) is 12.0 Å². The van der Waals surface area contributed by atoms with Crippen molar-refractivity contribution in [3.8, 4) is 0 Å². The van der Waals surface area contributed by atoms with Crippen molar-refractivity contribution in [2.24, 2.45) is 0 Å². The molecule has 0 saturated heterocycles. The van der Waals surface area contributed by atoms with Crippen molar-refractivity contribution in [2.75, 3.05) is 6.54 Å². The van der Waals surface area contributed by atoms with Crippen molar-refractivity contribution in [1.82, 2.24) is 15.1 Å². The number of hydrogen-bond donors (Lipinski definition) is 1. The number of nitrogens with zero attached hydrogens (tertiary/aromatic N) is 2. The fraction of sp³-hybridized carbons (Fsp3) is 0.211. The highest BCUT2D eigenvalue weighted by Crippen LogP contribution is 2.08. The molecule has 128 valence electrons. The first-order chi connectivity index (χ1) is 12.1. The van der Waals surface area contributed by atoms with E-state index in [0.717, 1.165) is 5.56 Å². The summed E-state index contributed by atoms with van der Waals surface area (Å²) < 4.78 is 14.8. The standard InChI is InChI=1S/C19H18FN3O2/c20-15-5-3-4-14(12-15)8-10-21-19(25)9-11-23-17-7-2-1-6-16(17)18(24)13-22-23/h1-7,12-13H,8-11H2,(H,21,25). The maximum Gasteiger partial charge on any atom is 0.221 e. The highest BCUT2D eigenvalue weighted by atomic mass is 19.1. The second-order valence-electron chi connectivity index (χ2n) is 5.73. The van der Waals surface area contributed by atoms with Crippen LogP contribution in [0.25, 0.3) is 10.9 Å². The first kappa shape index (κ1) is 16.8. The monoisotopic (exact) mass is 339 g/mol. The molecule has 0 spiro atoms. The third-order valence-electron chi connectivity index (χ3n) is 3.94. The highest BCUT2D eigenvalue weighted by Gasteiger charge is 2.06. The van der Waals surface area contributed by atoms with Gasteiger partial charge >= 0.3 is 0 Å². The van der Waals surface area contributed by atoms with Crippen molar-refractivity contribution < 1.29 is 9.18 Å². The number of carbonyl (C=O) groups excluding carboxylic acids is 1. The van der Waals surface area contributed by atoms with Crippen molar-refractivity contribution in [3.05, 3.63) is 76.3 Å². The van der Waals surface area contributed by atoms with Gasteiger partial charge in [0.1, 0.15) is 5.82 Å². The number of hydrogen-bond acceptors (Lipinski definition) is 3. The predicted octanol–water partition coefficient (Wildman–Crippen LogP) is 2.28. The lowest BCUT2D eigenvalue weighted by atomic mass is 10.1. The first-order valence-electron chi connectivity index (χ1n) is 8.09. The molecular formula is C19H18FN3O2. The molecule has 2 aromatic carbocycles. The Morgan fingerprint density at radius 2 is 2.00 bits per heavy atom. The molecule has 0 aliphatic rings. The van der Waals surface area contributed by atoms with E-state index in [1.807, 2.05) is 18.2 Å². The first-order valence-corrected chi connectivity index (χ1v) is 8.09. The van der Waals surface area contributed by atoms with Crippen LogP contribution in [0.15, 0.2) is 59.5 Å². The maximum absolute atomic E-state index is 13.1. The molecule has 6 heteroatoms. The summed E-state index contributed by atoms with van der Waals surface area (Å²) in [5.41, 5.74) is 1.42. The van der Waals surface area contributed by atoms with Gasteiger partial charge in [0.2, 0.25) is 11.3 Å². The van der Waals surface area contributed by atoms with E-state index in [1.54, 1.807) is 22.9 Å². The SMILES string of the molecule is O=C(CCn1ncc(=O)c2ccccc21)NCCc1cccc(F)c1. The number of para-hydroxylation sites is 1. The van der Waals surface area contributed by atoms with E-state index in [0.29, 0.717) is 30.4 Å². The molecule has 0 aliphatic carbocycles. The molecule has 3 rings (SSSR count). The van der Waals surface area contributed by atoms with Crippen molar-refractivity contribution in [1.29, 1.82) is 0 Å². The summed E-state index contributed by atoms with van der Waals surface area (Å²) in [6.07, 6.45) is 2.09. The predicted molar refractivity (Wildman–Crippen MR) is 93.7 cm³/mol. The van der Waals surface area contributed by atoms with Gasteiger partial charge < -0.3 is 5.32 Å². The van der Waals surface area contributed by atoms with Gasteiger partial charge in [-0.3, -0.25) is 14.3 Å². The number of fused-ring (bicyclic) bond motifs is 1. The summed E-state index contributed by atoms with van der Waals surface area (Å²) in [4.78, 5) is 23.8. The summed E-state index contributed by atoms with van der Waals surface area (Å²) in [5.74, 6) is -0.388. The minimum Gasteiger partial charge on any atom is -0.356 e. The normalized spacial score (nSPS) is 10.8. The molecule has 0 fully saturated rings. The molecule has 1 aromatic heterocycles. The van der Waals surface area contributed by atoms with Gasteiger partial charge in [-0.2, -0.15) is 5.10 Å². The molecule has 1 heterocycles. The zero-order valence-electron chi connectivity index (χ0n) is 13.6. The van der Waals surface area contributed by atoms with Gasteiger partial charge in [-0.25, -0.2) is 4.39 Å². The minimum atomic E-state index is -0.278. The van der Waals surface area contributed by atoms with Crippen LogP contribution >= 0.6 is 0 Å². The molecule has 1 N–H and O–H groups in total. The average molecular weight is 339 g/mol. The van der Waals surface area contributed by atoms with E-state index in [-0.39, 0.29) is 23.6 Å². The van der Waals surface area contributed by atoms with Gasteiger partial charge in [0.05, 0.1) is 18.3 Å². The zero-order chi connectivity index (χ0) is 17.6. The Hall–Kier alpha value is -3.02. The number of aromatic nitrogens is 2. The molecule has 1 amide bonds. The number of benzene rings is 2. The van der Waals surface area contributed by atoms with Crippen LogP contribution in [0.3, 0.4) is 0 Å². The summed E-state index contributed by atoms with van der Waals surface area (Å²) in [6.45, 7) is 0.827. The summed E-state index contributed by atoms with van der Waals surface area (Å²) in [5, 5.41) is 7.50. The number of carbonyl (C=O) groups is 1. The number of aryl methyl sites for hydroxylation is 1. The largest absolute Gasteiger partial charge is 0.356 e. The number of rotatable bonds is 6. The van der Waals surface area contributed by atoms with Crippen LogP contribution in [0.4, 0.5) is 4.39 Å². The second-order valence-corrected chi connectivity index (χ2v) is 5.73. The molecule has 0 saturated carbocycles. The van der Waals surface area contributed by atoms with Gasteiger partial charge in [0, 0.05) is 18.4 Å². The van der Waals surface area contributed by atoms with E-state index < -0.39 is 0 Å². The Morgan fingerprint density at radius 1 is 1.16 bits per heavy atom. The molecule has 0 bridgehead atoms. The third kappa shape index (κ3) is 4.29. The smallest absolute Gasteiger partial charge is 0.221 e. The number of amides is 1. The maximum atomic E-state index is 13.1. The third-order valence-corrected chi connectivity index (χ3v) is 3.94. The number of nitrogens with one attached hydrogen (secondary N) is 1. The fourth-order valence-electron chi connectivity index (χ4n) is 2.67. The van der Waals surface area contributed by atoms with Crippen LogP contribution in [-0.2, 0) is 17.8 Å². The van der Waals surface area contributed by atoms with Gasteiger partial charge in [0.15, 0.2) is 0 Å².